The molecule has 2 rings (SSSR count). The Balaban J connectivity index is 1.95. The zero-order chi connectivity index (χ0) is 12.6. The Morgan fingerprint density at radius 1 is 1.33 bits per heavy atom. The van der Waals surface area contributed by atoms with Crippen LogP contribution >= 0.6 is 11.6 Å². The van der Waals surface area contributed by atoms with Crippen LogP contribution in [-0.4, -0.2) is 25.2 Å². The number of benzene rings is 1. The molecule has 1 aromatic rings. The summed E-state index contributed by atoms with van der Waals surface area (Å²) in [7, 11) is 0. The summed E-state index contributed by atoms with van der Waals surface area (Å²) in [6.07, 6.45) is 3.68. The van der Waals surface area contributed by atoms with Crippen molar-refractivity contribution in [3.63, 3.8) is 0 Å². The second kappa shape index (κ2) is 7.31. The van der Waals surface area contributed by atoms with Crippen molar-refractivity contribution >= 4 is 11.6 Å². The highest BCUT2D eigenvalue weighted by Gasteiger charge is 2.14. The first-order valence-electron chi connectivity index (χ1n) is 6.28. The maximum absolute atomic E-state index is 5.80. The zero-order valence-electron chi connectivity index (χ0n) is 10.3. The van der Waals surface area contributed by atoms with Crippen LogP contribution in [-0.2, 0) is 4.74 Å². The SMILES string of the molecule is ClCC#Cc1ccccc1OCC1CCCCO1. The van der Waals surface area contributed by atoms with Crippen LogP contribution in [0.15, 0.2) is 24.3 Å². The fourth-order valence-corrected chi connectivity index (χ4v) is 2.01. The van der Waals surface area contributed by atoms with Crippen molar-refractivity contribution in [1.29, 1.82) is 0 Å². The van der Waals surface area contributed by atoms with Crippen molar-refractivity contribution < 1.29 is 9.47 Å². The Hall–Kier alpha value is -1.17. The van der Waals surface area contributed by atoms with Gasteiger partial charge in [0.25, 0.3) is 0 Å². The van der Waals surface area contributed by atoms with Crippen LogP contribution in [0.25, 0.3) is 0 Å². The lowest BCUT2D eigenvalue weighted by Gasteiger charge is -2.22. The molecule has 1 aliphatic heterocycles. The van der Waals surface area contributed by atoms with Crippen LogP contribution < -0.4 is 4.74 Å². The van der Waals surface area contributed by atoms with E-state index in [0.717, 1.165) is 30.8 Å². The van der Waals surface area contributed by atoms with Gasteiger partial charge in [0.2, 0.25) is 0 Å². The van der Waals surface area contributed by atoms with Gasteiger partial charge in [0, 0.05) is 6.61 Å². The lowest BCUT2D eigenvalue weighted by molar-refractivity contribution is -0.0111. The number of hydrogen-bond acceptors (Lipinski definition) is 2. The molecule has 1 saturated heterocycles. The van der Waals surface area contributed by atoms with E-state index < -0.39 is 0 Å². The van der Waals surface area contributed by atoms with Crippen molar-refractivity contribution in [3.05, 3.63) is 29.8 Å². The first kappa shape index (κ1) is 13.3. The van der Waals surface area contributed by atoms with E-state index in [0.29, 0.717) is 12.5 Å². The maximum Gasteiger partial charge on any atom is 0.135 e. The quantitative estimate of drug-likeness (QED) is 0.616. The maximum atomic E-state index is 5.80. The first-order chi connectivity index (χ1) is 8.90. The molecule has 0 N–H and O–H groups in total. The molecule has 1 aromatic carbocycles. The van der Waals surface area contributed by atoms with Gasteiger partial charge in [-0.1, -0.05) is 24.0 Å². The van der Waals surface area contributed by atoms with Crippen LogP contribution in [0.4, 0.5) is 0 Å². The summed E-state index contributed by atoms with van der Waals surface area (Å²) in [4.78, 5) is 0. The summed E-state index contributed by atoms with van der Waals surface area (Å²) in [5, 5.41) is 0. The second-order valence-corrected chi connectivity index (χ2v) is 4.50. The molecule has 0 radical (unpaired) electrons. The van der Waals surface area contributed by atoms with E-state index in [9.17, 15) is 0 Å². The van der Waals surface area contributed by atoms with Gasteiger partial charge in [-0.25, -0.2) is 0 Å². The summed E-state index contributed by atoms with van der Waals surface area (Å²) in [5.74, 6) is 6.99. The highest BCUT2D eigenvalue weighted by molar-refractivity contribution is 6.19. The molecule has 1 heterocycles. The number of hydrogen-bond donors (Lipinski definition) is 0. The summed E-state index contributed by atoms with van der Waals surface area (Å²) < 4.78 is 11.4. The largest absolute Gasteiger partial charge is 0.490 e. The monoisotopic (exact) mass is 264 g/mol. The van der Waals surface area contributed by atoms with Gasteiger partial charge in [-0.15, -0.1) is 11.6 Å². The average Bonchev–Trinajstić information content (AvgIpc) is 2.45. The Morgan fingerprint density at radius 2 is 2.22 bits per heavy atom. The van der Waals surface area contributed by atoms with E-state index in [1.165, 1.54) is 6.42 Å². The van der Waals surface area contributed by atoms with Crippen molar-refractivity contribution in [2.45, 2.75) is 25.4 Å². The number of para-hydroxylation sites is 1. The van der Waals surface area contributed by atoms with Gasteiger partial charge in [-0.05, 0) is 31.4 Å². The van der Waals surface area contributed by atoms with Crippen LogP contribution in [0.3, 0.4) is 0 Å². The summed E-state index contributed by atoms with van der Waals surface area (Å²) >= 11 is 5.57. The molecule has 1 aliphatic rings. The Bertz CT molecular complexity index is 428. The molecule has 0 saturated carbocycles. The minimum absolute atomic E-state index is 0.216. The molecule has 0 aliphatic carbocycles. The topological polar surface area (TPSA) is 18.5 Å². The molecule has 3 heteroatoms. The molecule has 2 nitrogen and oxygen atoms in total. The van der Waals surface area contributed by atoms with Crippen molar-refractivity contribution in [1.82, 2.24) is 0 Å². The predicted octanol–water partition coefficient (Wildman–Crippen LogP) is 3.22. The number of ether oxygens (including phenoxy) is 2. The molecule has 96 valence electrons. The van der Waals surface area contributed by atoms with Crippen LogP contribution in [0.5, 0.6) is 5.75 Å². The highest BCUT2D eigenvalue weighted by Crippen LogP contribution is 2.19. The van der Waals surface area contributed by atoms with Crippen molar-refractivity contribution in [2.24, 2.45) is 0 Å². The highest BCUT2D eigenvalue weighted by atomic mass is 35.5. The van der Waals surface area contributed by atoms with E-state index in [1.54, 1.807) is 0 Å². The fourth-order valence-electron chi connectivity index (χ4n) is 1.95. The Labute approximate surface area is 113 Å². The molecular formula is C15H17ClO2. The van der Waals surface area contributed by atoms with Gasteiger partial charge in [-0.3, -0.25) is 0 Å². The van der Waals surface area contributed by atoms with Gasteiger partial charge in [-0.2, -0.15) is 0 Å². The fraction of sp³-hybridized carbons (Fsp3) is 0.467. The van der Waals surface area contributed by atoms with Gasteiger partial charge in [0.1, 0.15) is 12.4 Å². The molecule has 0 bridgehead atoms. The third kappa shape index (κ3) is 3.94. The van der Waals surface area contributed by atoms with Crippen LogP contribution in [0.1, 0.15) is 24.8 Å². The molecule has 1 fully saturated rings. The number of halogens is 1. The van der Waals surface area contributed by atoms with Gasteiger partial charge in [0.05, 0.1) is 17.5 Å². The molecule has 0 amide bonds. The molecule has 1 atom stereocenters. The van der Waals surface area contributed by atoms with Gasteiger partial charge in [0.15, 0.2) is 0 Å². The standard InChI is InChI=1S/C15H17ClO2/c16-10-5-7-13-6-1-2-9-15(13)18-12-14-8-3-4-11-17-14/h1-2,6,9,14H,3-4,8,10-12H2. The summed E-state index contributed by atoms with van der Waals surface area (Å²) in [6, 6.07) is 7.77. The molecular weight excluding hydrogens is 248 g/mol. The third-order valence-corrected chi connectivity index (χ3v) is 3.01. The van der Waals surface area contributed by atoms with Crippen molar-refractivity contribution in [3.8, 4) is 17.6 Å². The summed E-state index contributed by atoms with van der Waals surface area (Å²) in [5.41, 5.74) is 0.883. The molecule has 0 spiro atoms. The minimum atomic E-state index is 0.216. The van der Waals surface area contributed by atoms with E-state index in [4.69, 9.17) is 21.1 Å². The molecule has 1 unspecified atom stereocenters. The molecule has 0 aromatic heterocycles. The lowest BCUT2D eigenvalue weighted by Crippen LogP contribution is -2.25. The summed E-state index contributed by atoms with van der Waals surface area (Å²) in [6.45, 7) is 1.45. The Morgan fingerprint density at radius 3 is 3.00 bits per heavy atom. The third-order valence-electron chi connectivity index (χ3n) is 2.88. The smallest absolute Gasteiger partial charge is 0.135 e. The van der Waals surface area contributed by atoms with Crippen molar-refractivity contribution in [2.75, 3.05) is 19.1 Å². The normalized spacial score (nSPS) is 18.8. The minimum Gasteiger partial charge on any atom is -0.490 e. The first-order valence-corrected chi connectivity index (χ1v) is 6.82. The van der Waals surface area contributed by atoms with Gasteiger partial charge >= 0.3 is 0 Å². The zero-order valence-corrected chi connectivity index (χ0v) is 11.1. The van der Waals surface area contributed by atoms with E-state index >= 15 is 0 Å². The number of rotatable bonds is 3. The van der Waals surface area contributed by atoms with E-state index in [2.05, 4.69) is 11.8 Å². The average molecular weight is 265 g/mol. The number of alkyl halides is 1. The predicted molar refractivity (Wildman–Crippen MR) is 73.1 cm³/mol. The van der Waals surface area contributed by atoms with E-state index in [1.807, 2.05) is 24.3 Å². The van der Waals surface area contributed by atoms with E-state index in [-0.39, 0.29) is 6.10 Å². The van der Waals surface area contributed by atoms with Crippen LogP contribution in [0, 0.1) is 11.8 Å². The molecule has 18 heavy (non-hydrogen) atoms. The lowest BCUT2D eigenvalue weighted by atomic mass is 10.1. The second-order valence-electron chi connectivity index (χ2n) is 4.23. The Kier molecular flexibility index (Phi) is 5.38. The van der Waals surface area contributed by atoms with Gasteiger partial charge < -0.3 is 9.47 Å². The van der Waals surface area contributed by atoms with Crippen LogP contribution in [0.2, 0.25) is 0 Å².